The summed E-state index contributed by atoms with van der Waals surface area (Å²) in [4.78, 5) is 13.6. The molecule has 2 aliphatic heterocycles. The number of rotatable bonds is 5. The fourth-order valence-electron chi connectivity index (χ4n) is 4.81. The van der Waals surface area contributed by atoms with E-state index in [2.05, 4.69) is 6.92 Å². The zero-order valence-corrected chi connectivity index (χ0v) is 20.2. The third kappa shape index (κ3) is 3.75. The van der Waals surface area contributed by atoms with E-state index >= 15 is 0 Å². The second-order valence-corrected chi connectivity index (χ2v) is 10.7. The number of halogens is 1. The Hall–Kier alpha value is -3.43. The number of sulfonamides is 1. The Morgan fingerprint density at radius 2 is 1.89 bits per heavy atom. The van der Waals surface area contributed by atoms with E-state index in [9.17, 15) is 22.7 Å². The number of anilines is 2. The number of unbranched alkanes of at least 4 members (excludes halogenated alkanes) is 1. The highest BCUT2D eigenvalue weighted by Crippen LogP contribution is 2.49. The van der Waals surface area contributed by atoms with Crippen molar-refractivity contribution in [3.8, 4) is 16.9 Å². The first kappa shape index (κ1) is 23.3. The van der Waals surface area contributed by atoms with Gasteiger partial charge in [-0.3, -0.25) is 0 Å². The maximum Gasteiger partial charge on any atom is 0.338 e. The molecule has 0 saturated carbocycles. The van der Waals surface area contributed by atoms with Crippen LogP contribution in [0.15, 0.2) is 59.5 Å². The van der Waals surface area contributed by atoms with E-state index in [1.54, 1.807) is 13.1 Å². The van der Waals surface area contributed by atoms with Crippen molar-refractivity contribution in [2.45, 2.75) is 43.9 Å². The van der Waals surface area contributed by atoms with Gasteiger partial charge in [-0.05, 0) is 42.3 Å². The molecule has 35 heavy (non-hydrogen) atoms. The molecule has 1 N–H and O–H groups in total. The van der Waals surface area contributed by atoms with Gasteiger partial charge in [0.05, 0.1) is 11.3 Å². The molecule has 0 unspecified atom stereocenters. The highest BCUT2D eigenvalue weighted by atomic mass is 32.2. The van der Waals surface area contributed by atoms with E-state index in [0.717, 1.165) is 24.6 Å². The predicted molar refractivity (Wildman–Crippen MR) is 130 cm³/mol. The summed E-state index contributed by atoms with van der Waals surface area (Å²) in [6.07, 6.45) is 1.99. The van der Waals surface area contributed by atoms with Crippen LogP contribution in [0.3, 0.4) is 0 Å². The molecule has 0 bridgehead atoms. The van der Waals surface area contributed by atoms with Gasteiger partial charge in [0.1, 0.15) is 29.2 Å². The summed E-state index contributed by atoms with van der Waals surface area (Å²) in [5.74, 6) is -1.82. The number of para-hydroxylation sites is 1. The van der Waals surface area contributed by atoms with Crippen LogP contribution in [0.4, 0.5) is 15.8 Å². The number of ether oxygens (including phenoxy) is 1. The minimum Gasteiger partial charge on any atom is -0.488 e. The quantitative estimate of drug-likeness (QED) is 0.511. The Balaban J connectivity index is 1.75. The summed E-state index contributed by atoms with van der Waals surface area (Å²) in [5, 5.41) is 9.41. The van der Waals surface area contributed by atoms with E-state index in [0.29, 0.717) is 34.5 Å². The fourth-order valence-corrected chi connectivity index (χ4v) is 6.33. The number of aromatic carboxylic acids is 1. The van der Waals surface area contributed by atoms with Crippen LogP contribution in [0.5, 0.6) is 5.75 Å². The van der Waals surface area contributed by atoms with Crippen LogP contribution >= 0.6 is 0 Å². The van der Waals surface area contributed by atoms with E-state index in [1.165, 1.54) is 16.4 Å². The number of benzene rings is 3. The number of hydrogen-bond donors (Lipinski definition) is 1. The van der Waals surface area contributed by atoms with Crippen molar-refractivity contribution in [3.63, 3.8) is 0 Å². The Morgan fingerprint density at radius 3 is 2.57 bits per heavy atom. The molecule has 0 aromatic heterocycles. The lowest BCUT2D eigenvalue weighted by molar-refractivity contribution is 0.0691. The highest BCUT2D eigenvalue weighted by molar-refractivity contribution is 7.89. The molecule has 2 aliphatic rings. The molecule has 5 rings (SSSR count). The Bertz CT molecular complexity index is 1430. The molecule has 182 valence electrons. The molecule has 0 spiro atoms. The number of fused-ring (bicyclic) bond motifs is 4. The van der Waals surface area contributed by atoms with Gasteiger partial charge in [0.25, 0.3) is 0 Å². The van der Waals surface area contributed by atoms with E-state index in [1.807, 2.05) is 35.2 Å². The van der Waals surface area contributed by atoms with Gasteiger partial charge in [-0.1, -0.05) is 38.0 Å². The standard InChI is InChI=1S/C26H25FN2O5S/c1-3-4-10-25-28(2)35(32,33)24-13-19-18-12-20(26(30)31)21(27)11-16(18)15-34-23(19)14-22(24)29(25)17-8-6-5-7-9-17/h5-9,11-14,25H,3-4,10,15H2,1-2H3,(H,30,31)/t25-/m0/s1. The summed E-state index contributed by atoms with van der Waals surface area (Å²) in [7, 11) is -2.29. The summed E-state index contributed by atoms with van der Waals surface area (Å²) in [6.45, 7) is 2.11. The highest BCUT2D eigenvalue weighted by Gasteiger charge is 2.42. The number of carboxylic acids is 1. The molecule has 3 aromatic rings. The predicted octanol–water partition coefficient (Wildman–Crippen LogP) is 5.37. The van der Waals surface area contributed by atoms with Gasteiger partial charge in [-0.25, -0.2) is 17.6 Å². The zero-order valence-electron chi connectivity index (χ0n) is 19.4. The van der Waals surface area contributed by atoms with Gasteiger partial charge in [-0.15, -0.1) is 0 Å². The van der Waals surface area contributed by atoms with Crippen molar-refractivity contribution in [1.29, 1.82) is 0 Å². The van der Waals surface area contributed by atoms with Crippen molar-refractivity contribution < 1.29 is 27.4 Å². The first-order chi connectivity index (χ1) is 16.7. The van der Waals surface area contributed by atoms with Crippen molar-refractivity contribution in [2.75, 3.05) is 11.9 Å². The SMILES string of the molecule is CCCC[C@@H]1N(c2ccccc2)c2cc3c(cc2S(=O)(=O)N1C)-c1cc(C(=O)O)c(F)cc1CO3. The van der Waals surface area contributed by atoms with Gasteiger partial charge < -0.3 is 14.7 Å². The maximum atomic E-state index is 14.3. The molecular weight excluding hydrogens is 471 g/mol. The van der Waals surface area contributed by atoms with Gasteiger partial charge >= 0.3 is 5.97 Å². The molecule has 0 radical (unpaired) electrons. The minimum atomic E-state index is -3.87. The lowest BCUT2D eigenvalue weighted by Crippen LogP contribution is -2.51. The molecule has 0 aliphatic carbocycles. The largest absolute Gasteiger partial charge is 0.488 e. The summed E-state index contributed by atoms with van der Waals surface area (Å²) in [6, 6.07) is 15.2. The molecule has 1 atom stereocenters. The lowest BCUT2D eigenvalue weighted by Gasteiger charge is -2.44. The van der Waals surface area contributed by atoms with Gasteiger partial charge in [0, 0.05) is 29.9 Å². The first-order valence-corrected chi connectivity index (χ1v) is 12.9. The average molecular weight is 497 g/mol. The van der Waals surface area contributed by atoms with E-state index in [4.69, 9.17) is 4.74 Å². The van der Waals surface area contributed by atoms with Gasteiger partial charge in [0.2, 0.25) is 10.0 Å². The molecule has 9 heteroatoms. The van der Waals surface area contributed by atoms with Crippen molar-refractivity contribution in [2.24, 2.45) is 0 Å². The molecule has 7 nitrogen and oxygen atoms in total. The summed E-state index contributed by atoms with van der Waals surface area (Å²) < 4.78 is 49.0. The minimum absolute atomic E-state index is 0.0508. The summed E-state index contributed by atoms with van der Waals surface area (Å²) in [5.41, 5.74) is 2.21. The van der Waals surface area contributed by atoms with E-state index in [-0.39, 0.29) is 11.5 Å². The first-order valence-electron chi connectivity index (χ1n) is 11.4. The second kappa shape index (κ2) is 8.66. The van der Waals surface area contributed by atoms with Crippen LogP contribution in [0.25, 0.3) is 11.1 Å². The van der Waals surface area contributed by atoms with E-state index < -0.39 is 33.5 Å². The third-order valence-corrected chi connectivity index (χ3v) is 8.53. The van der Waals surface area contributed by atoms with Crippen LogP contribution in [-0.2, 0) is 16.6 Å². The smallest absolute Gasteiger partial charge is 0.338 e. The monoisotopic (exact) mass is 496 g/mol. The lowest BCUT2D eigenvalue weighted by atomic mass is 9.94. The second-order valence-electron chi connectivity index (χ2n) is 8.75. The average Bonchev–Trinajstić information content (AvgIpc) is 2.84. The molecule has 3 aromatic carbocycles. The normalized spacial score (nSPS) is 18.3. The van der Waals surface area contributed by atoms with Gasteiger partial charge in [0.15, 0.2) is 0 Å². The van der Waals surface area contributed by atoms with Crippen LogP contribution < -0.4 is 9.64 Å². The molecule has 0 fully saturated rings. The topological polar surface area (TPSA) is 87.2 Å². The number of nitrogens with zero attached hydrogens (tertiary/aromatic N) is 2. The van der Waals surface area contributed by atoms with Crippen LogP contribution in [0, 0.1) is 5.82 Å². The van der Waals surface area contributed by atoms with Crippen LogP contribution in [-0.4, -0.2) is 37.0 Å². The Labute approximate surface area is 203 Å². The van der Waals surface area contributed by atoms with Crippen LogP contribution in [0.2, 0.25) is 0 Å². The fraction of sp³-hybridized carbons (Fsp3) is 0.269. The third-order valence-electron chi connectivity index (χ3n) is 6.64. The molecule has 0 saturated heterocycles. The zero-order chi connectivity index (χ0) is 24.9. The Kier molecular flexibility index (Phi) is 5.77. The molecular formula is C26H25FN2O5S. The number of carboxylic acid groups (broad SMARTS) is 1. The summed E-state index contributed by atoms with van der Waals surface area (Å²) >= 11 is 0. The van der Waals surface area contributed by atoms with Crippen molar-refractivity contribution >= 4 is 27.4 Å². The maximum absolute atomic E-state index is 14.3. The molecule has 0 amide bonds. The molecule has 2 heterocycles. The van der Waals surface area contributed by atoms with Crippen LogP contribution in [0.1, 0.15) is 42.1 Å². The van der Waals surface area contributed by atoms with Crippen molar-refractivity contribution in [3.05, 3.63) is 71.5 Å². The van der Waals surface area contributed by atoms with Crippen molar-refractivity contribution in [1.82, 2.24) is 4.31 Å². The Morgan fingerprint density at radius 1 is 1.14 bits per heavy atom. The number of hydrogen-bond acceptors (Lipinski definition) is 5. The van der Waals surface area contributed by atoms with Gasteiger partial charge in [-0.2, -0.15) is 4.31 Å². The number of carbonyl (C=O) groups is 1.